The molecule has 1 aliphatic heterocycles. The van der Waals surface area contributed by atoms with Gasteiger partial charge in [0, 0.05) is 6.42 Å². The molecule has 0 aromatic carbocycles. The third kappa shape index (κ3) is 4.72. The summed E-state index contributed by atoms with van der Waals surface area (Å²) in [4.78, 5) is 4.27. The molecule has 0 saturated carbocycles. The lowest BCUT2D eigenvalue weighted by Crippen LogP contribution is -2.00. The average molecular weight is 328 g/mol. The molecule has 16 heavy (non-hydrogen) atoms. The standard InChI is InChI=1S/C9H15BrNO3PS/c1-3-13-15(12,14-4-2)7-11-9-6-5-8(10)16-9/h5H,3-4,6-7H2,1-2H3/b11-9-. The zero-order valence-corrected chi connectivity index (χ0v) is 12.6. The van der Waals surface area contributed by atoms with Crippen LogP contribution >= 0.6 is 35.3 Å². The van der Waals surface area contributed by atoms with E-state index < -0.39 is 7.60 Å². The van der Waals surface area contributed by atoms with E-state index >= 15 is 0 Å². The van der Waals surface area contributed by atoms with E-state index in [4.69, 9.17) is 9.05 Å². The van der Waals surface area contributed by atoms with Gasteiger partial charge in [0.1, 0.15) is 6.29 Å². The summed E-state index contributed by atoms with van der Waals surface area (Å²) in [6.07, 6.45) is 2.91. The van der Waals surface area contributed by atoms with Gasteiger partial charge < -0.3 is 9.05 Å². The first-order valence-electron chi connectivity index (χ1n) is 5.04. The second kappa shape index (κ2) is 6.97. The molecule has 0 aromatic rings. The van der Waals surface area contributed by atoms with E-state index in [1.165, 1.54) is 11.8 Å². The summed E-state index contributed by atoms with van der Waals surface area (Å²) in [7, 11) is -3.03. The van der Waals surface area contributed by atoms with Gasteiger partial charge in [-0.2, -0.15) is 0 Å². The minimum atomic E-state index is -3.03. The van der Waals surface area contributed by atoms with Gasteiger partial charge in [0.15, 0.2) is 0 Å². The summed E-state index contributed by atoms with van der Waals surface area (Å²) in [5.74, 6) is 0. The SMILES string of the molecule is CCOP(=O)(C/N=C1/CC=C(Br)S1)OCC. The Bertz CT molecular complexity index is 336. The number of hydrogen-bond donors (Lipinski definition) is 0. The first kappa shape index (κ1) is 14.5. The molecule has 0 aliphatic carbocycles. The highest BCUT2D eigenvalue weighted by Crippen LogP contribution is 2.48. The fourth-order valence-corrected chi connectivity index (χ4v) is 4.01. The summed E-state index contributed by atoms with van der Waals surface area (Å²) in [6, 6.07) is 0. The van der Waals surface area contributed by atoms with Crippen molar-refractivity contribution in [1.82, 2.24) is 0 Å². The Labute approximate surface area is 109 Å². The van der Waals surface area contributed by atoms with Gasteiger partial charge in [-0.3, -0.25) is 9.56 Å². The number of rotatable bonds is 6. The molecule has 0 unspecified atom stereocenters. The lowest BCUT2D eigenvalue weighted by molar-refractivity contribution is 0.221. The maximum Gasteiger partial charge on any atom is 0.351 e. The quantitative estimate of drug-likeness (QED) is 0.692. The number of allylic oxidation sites excluding steroid dienone is 1. The Hall–Kier alpha value is 0.390. The number of thioether (sulfide) groups is 1. The van der Waals surface area contributed by atoms with Crippen molar-refractivity contribution in [3.05, 3.63) is 9.89 Å². The van der Waals surface area contributed by atoms with E-state index in [2.05, 4.69) is 20.9 Å². The van der Waals surface area contributed by atoms with Crippen molar-refractivity contribution < 1.29 is 13.6 Å². The van der Waals surface area contributed by atoms with Crippen molar-refractivity contribution in [1.29, 1.82) is 0 Å². The van der Waals surface area contributed by atoms with Crippen LogP contribution in [0.5, 0.6) is 0 Å². The highest BCUT2D eigenvalue weighted by atomic mass is 79.9. The monoisotopic (exact) mass is 327 g/mol. The Morgan fingerprint density at radius 1 is 1.50 bits per heavy atom. The predicted octanol–water partition coefficient (Wildman–Crippen LogP) is 3.98. The molecular weight excluding hydrogens is 313 g/mol. The second-order valence-corrected chi connectivity index (χ2v) is 7.47. The summed E-state index contributed by atoms with van der Waals surface area (Å²) in [5.41, 5.74) is 0. The van der Waals surface area contributed by atoms with Gasteiger partial charge in [-0.05, 0) is 29.8 Å². The Balaban J connectivity index is 2.53. The topological polar surface area (TPSA) is 47.9 Å². The van der Waals surface area contributed by atoms with Crippen molar-refractivity contribution in [3.8, 4) is 0 Å². The van der Waals surface area contributed by atoms with Gasteiger partial charge in [-0.1, -0.05) is 17.8 Å². The molecule has 1 heterocycles. The molecule has 1 aliphatic rings. The minimum absolute atomic E-state index is 0.102. The zero-order valence-electron chi connectivity index (χ0n) is 9.31. The van der Waals surface area contributed by atoms with E-state index in [1.54, 1.807) is 13.8 Å². The molecular formula is C9H15BrNO3PS. The van der Waals surface area contributed by atoms with Crippen molar-refractivity contribution in [2.75, 3.05) is 19.5 Å². The summed E-state index contributed by atoms with van der Waals surface area (Å²) < 4.78 is 23.4. The summed E-state index contributed by atoms with van der Waals surface area (Å²) in [6.45, 7) is 4.33. The third-order valence-corrected chi connectivity index (χ3v) is 5.22. The molecule has 1 rings (SSSR count). The lowest BCUT2D eigenvalue weighted by atomic mass is 10.5. The molecule has 0 radical (unpaired) electrons. The van der Waals surface area contributed by atoms with Gasteiger partial charge in [-0.15, -0.1) is 0 Å². The molecule has 7 heteroatoms. The lowest BCUT2D eigenvalue weighted by Gasteiger charge is -2.14. The molecule has 0 amide bonds. The minimum Gasteiger partial charge on any atom is -0.308 e. The van der Waals surface area contributed by atoms with Gasteiger partial charge in [0.25, 0.3) is 0 Å². The van der Waals surface area contributed by atoms with E-state index in [0.29, 0.717) is 13.2 Å². The molecule has 0 spiro atoms. The van der Waals surface area contributed by atoms with Crippen LogP contribution in [0.3, 0.4) is 0 Å². The van der Waals surface area contributed by atoms with Crippen LogP contribution in [0.2, 0.25) is 0 Å². The number of nitrogens with zero attached hydrogens (tertiary/aromatic N) is 1. The van der Waals surface area contributed by atoms with Crippen molar-refractivity contribution in [2.24, 2.45) is 4.99 Å². The number of halogens is 1. The van der Waals surface area contributed by atoms with E-state index in [-0.39, 0.29) is 6.29 Å². The van der Waals surface area contributed by atoms with E-state index in [1.807, 2.05) is 6.08 Å². The van der Waals surface area contributed by atoms with Gasteiger partial charge >= 0.3 is 7.60 Å². The zero-order chi connectivity index (χ0) is 12.0. The third-order valence-electron chi connectivity index (χ3n) is 1.72. The normalized spacial score (nSPS) is 19.2. The Morgan fingerprint density at radius 3 is 2.56 bits per heavy atom. The maximum atomic E-state index is 12.1. The van der Waals surface area contributed by atoms with Gasteiger partial charge in [0.2, 0.25) is 0 Å². The van der Waals surface area contributed by atoms with Crippen LogP contribution < -0.4 is 0 Å². The van der Waals surface area contributed by atoms with Crippen LogP contribution in [0.15, 0.2) is 14.9 Å². The van der Waals surface area contributed by atoms with Crippen LogP contribution in [-0.4, -0.2) is 24.5 Å². The fraction of sp³-hybridized carbons (Fsp3) is 0.667. The van der Waals surface area contributed by atoms with Crippen LogP contribution in [0.25, 0.3) is 0 Å². The molecule has 92 valence electrons. The first-order valence-corrected chi connectivity index (χ1v) is 8.38. The summed E-state index contributed by atoms with van der Waals surface area (Å²) >= 11 is 4.91. The van der Waals surface area contributed by atoms with Crippen LogP contribution in [0, 0.1) is 0 Å². The van der Waals surface area contributed by atoms with Gasteiger partial charge in [0.05, 0.1) is 22.1 Å². The Morgan fingerprint density at radius 2 is 2.12 bits per heavy atom. The number of aliphatic imine (C=N–C) groups is 1. The van der Waals surface area contributed by atoms with Crippen LogP contribution in [0.4, 0.5) is 0 Å². The molecule has 0 N–H and O–H groups in total. The molecule has 0 fully saturated rings. The average Bonchev–Trinajstić information content (AvgIpc) is 2.62. The fourth-order valence-electron chi connectivity index (χ4n) is 1.14. The first-order chi connectivity index (χ1) is 7.59. The van der Waals surface area contributed by atoms with Crippen LogP contribution in [0.1, 0.15) is 20.3 Å². The van der Waals surface area contributed by atoms with Crippen molar-refractivity contribution in [3.63, 3.8) is 0 Å². The molecule has 0 atom stereocenters. The molecule has 4 nitrogen and oxygen atoms in total. The van der Waals surface area contributed by atoms with Crippen molar-refractivity contribution >= 4 is 40.3 Å². The maximum absolute atomic E-state index is 12.1. The predicted molar refractivity (Wildman–Crippen MR) is 72.4 cm³/mol. The molecule has 0 aromatic heterocycles. The molecule has 0 bridgehead atoms. The second-order valence-electron chi connectivity index (χ2n) is 2.95. The van der Waals surface area contributed by atoms with Gasteiger partial charge in [-0.25, -0.2) is 0 Å². The van der Waals surface area contributed by atoms with Crippen LogP contribution in [-0.2, 0) is 13.6 Å². The number of hydrogen-bond acceptors (Lipinski definition) is 5. The Kier molecular flexibility index (Phi) is 6.29. The van der Waals surface area contributed by atoms with E-state index in [0.717, 1.165) is 15.3 Å². The highest BCUT2D eigenvalue weighted by molar-refractivity contribution is 9.14. The largest absolute Gasteiger partial charge is 0.351 e. The van der Waals surface area contributed by atoms with Crippen molar-refractivity contribution in [2.45, 2.75) is 20.3 Å². The molecule has 0 saturated heterocycles. The summed E-state index contributed by atoms with van der Waals surface area (Å²) in [5, 5.41) is 0.937. The smallest absolute Gasteiger partial charge is 0.308 e. The highest BCUT2D eigenvalue weighted by Gasteiger charge is 2.23. The van der Waals surface area contributed by atoms with E-state index in [9.17, 15) is 4.57 Å².